The van der Waals surface area contributed by atoms with Gasteiger partial charge in [0.15, 0.2) is 0 Å². The van der Waals surface area contributed by atoms with Crippen LogP contribution in [0.3, 0.4) is 0 Å². The highest BCUT2D eigenvalue weighted by molar-refractivity contribution is 5.48. The van der Waals surface area contributed by atoms with E-state index in [2.05, 4.69) is 40.5 Å². The van der Waals surface area contributed by atoms with Crippen molar-refractivity contribution in [2.24, 2.45) is 11.1 Å². The summed E-state index contributed by atoms with van der Waals surface area (Å²) in [6, 6.07) is 11.0. The summed E-state index contributed by atoms with van der Waals surface area (Å²) in [6.07, 6.45) is 2.44. The van der Waals surface area contributed by atoms with Crippen LogP contribution in [-0.2, 0) is 0 Å². The van der Waals surface area contributed by atoms with Gasteiger partial charge in [0.1, 0.15) is 0 Å². The molecule has 1 atom stereocenters. The van der Waals surface area contributed by atoms with E-state index in [1.165, 1.54) is 18.5 Å². The summed E-state index contributed by atoms with van der Waals surface area (Å²) in [5.74, 6) is 0. The van der Waals surface area contributed by atoms with E-state index < -0.39 is 0 Å². The number of rotatable bonds is 1. The first kappa shape index (κ1) is 11.1. The van der Waals surface area contributed by atoms with E-state index in [1.54, 1.807) is 0 Å². The fourth-order valence-corrected chi connectivity index (χ4v) is 3.28. The maximum Gasteiger partial charge on any atom is 0.0366 e. The second kappa shape index (κ2) is 4.31. The van der Waals surface area contributed by atoms with Crippen LogP contribution in [0.2, 0.25) is 0 Å². The highest BCUT2D eigenvalue weighted by Crippen LogP contribution is 2.39. The monoisotopic (exact) mass is 231 g/mol. The maximum atomic E-state index is 6.40. The Bertz CT molecular complexity index is 370. The van der Waals surface area contributed by atoms with Crippen LogP contribution in [0.25, 0.3) is 0 Å². The molecular weight excluding hydrogens is 210 g/mol. The molecule has 0 aromatic heterocycles. The molecule has 1 unspecified atom stereocenters. The van der Waals surface area contributed by atoms with Gasteiger partial charge in [-0.15, -0.1) is 0 Å². The third-order valence-corrected chi connectivity index (χ3v) is 4.43. The molecule has 0 saturated carbocycles. The van der Waals surface area contributed by atoms with Gasteiger partial charge < -0.3 is 16.0 Å². The molecule has 92 valence electrons. The molecule has 1 aromatic carbocycles. The van der Waals surface area contributed by atoms with E-state index in [0.29, 0.717) is 11.5 Å². The van der Waals surface area contributed by atoms with Crippen molar-refractivity contribution in [3.8, 4) is 0 Å². The Morgan fingerprint density at radius 2 is 1.88 bits per heavy atom. The Kier molecular flexibility index (Phi) is 2.81. The minimum absolute atomic E-state index is 0.324. The van der Waals surface area contributed by atoms with E-state index in [-0.39, 0.29) is 0 Å². The molecule has 0 bridgehead atoms. The largest absolute Gasteiger partial charge is 0.369 e. The quantitative estimate of drug-likeness (QED) is 0.763. The molecule has 3 N–H and O–H groups in total. The molecule has 0 amide bonds. The van der Waals surface area contributed by atoms with E-state index in [9.17, 15) is 0 Å². The Labute approximate surface area is 103 Å². The van der Waals surface area contributed by atoms with E-state index >= 15 is 0 Å². The molecule has 2 aliphatic heterocycles. The zero-order chi connectivity index (χ0) is 11.7. The number of nitrogens with two attached hydrogens (primary N) is 1. The fourth-order valence-electron chi connectivity index (χ4n) is 3.28. The molecule has 0 radical (unpaired) electrons. The van der Waals surface area contributed by atoms with Crippen molar-refractivity contribution in [2.45, 2.75) is 18.9 Å². The fraction of sp³-hybridized carbons (Fsp3) is 0.571. The smallest absolute Gasteiger partial charge is 0.0366 e. The first-order valence-electron chi connectivity index (χ1n) is 6.56. The number of anilines is 1. The van der Waals surface area contributed by atoms with Crippen LogP contribution in [0.15, 0.2) is 30.3 Å². The first-order chi connectivity index (χ1) is 8.30. The van der Waals surface area contributed by atoms with Gasteiger partial charge in [-0.05, 0) is 38.1 Å². The normalized spacial score (nSPS) is 27.6. The lowest BCUT2D eigenvalue weighted by atomic mass is 9.75. The Hall–Kier alpha value is -1.06. The highest BCUT2D eigenvalue weighted by Gasteiger charge is 2.45. The molecule has 2 heterocycles. The summed E-state index contributed by atoms with van der Waals surface area (Å²) >= 11 is 0. The Balaban J connectivity index is 1.79. The standard InChI is InChI=1S/C14H21N3/c15-13-10-17(12-4-2-1-3-5-12)11-14(13)6-8-16-9-7-14/h1-5,13,16H,6-11,15H2. The zero-order valence-electron chi connectivity index (χ0n) is 10.2. The van der Waals surface area contributed by atoms with Crippen LogP contribution in [-0.4, -0.2) is 32.2 Å². The molecule has 0 aliphatic carbocycles. The van der Waals surface area contributed by atoms with Gasteiger partial charge in [0, 0.05) is 30.2 Å². The van der Waals surface area contributed by atoms with Gasteiger partial charge in [0.05, 0.1) is 0 Å². The number of hydrogen-bond acceptors (Lipinski definition) is 3. The lowest BCUT2D eigenvalue weighted by Crippen LogP contribution is -2.47. The maximum absolute atomic E-state index is 6.40. The highest BCUT2D eigenvalue weighted by atomic mass is 15.2. The number of piperidine rings is 1. The van der Waals surface area contributed by atoms with Gasteiger partial charge in [-0.25, -0.2) is 0 Å². The van der Waals surface area contributed by atoms with Crippen molar-refractivity contribution >= 4 is 5.69 Å². The molecule has 2 aliphatic rings. The van der Waals surface area contributed by atoms with Gasteiger partial charge in [0.2, 0.25) is 0 Å². The minimum Gasteiger partial charge on any atom is -0.369 e. The first-order valence-corrected chi connectivity index (χ1v) is 6.56. The van der Waals surface area contributed by atoms with Crippen molar-refractivity contribution in [3.63, 3.8) is 0 Å². The summed E-state index contributed by atoms with van der Waals surface area (Å²) in [5.41, 5.74) is 8.07. The van der Waals surface area contributed by atoms with Gasteiger partial charge >= 0.3 is 0 Å². The molecule has 3 heteroatoms. The molecular formula is C14H21N3. The van der Waals surface area contributed by atoms with Crippen molar-refractivity contribution in [2.75, 3.05) is 31.1 Å². The molecule has 2 saturated heterocycles. The Morgan fingerprint density at radius 1 is 1.18 bits per heavy atom. The molecule has 3 nitrogen and oxygen atoms in total. The molecule has 17 heavy (non-hydrogen) atoms. The van der Waals surface area contributed by atoms with E-state index in [0.717, 1.165) is 26.2 Å². The van der Waals surface area contributed by atoms with Crippen LogP contribution >= 0.6 is 0 Å². The van der Waals surface area contributed by atoms with Gasteiger partial charge in [-0.3, -0.25) is 0 Å². The van der Waals surface area contributed by atoms with Crippen molar-refractivity contribution in [1.82, 2.24) is 5.32 Å². The summed E-state index contributed by atoms with van der Waals surface area (Å²) in [5, 5.41) is 3.44. The molecule has 1 aromatic rings. The number of benzene rings is 1. The number of nitrogens with zero attached hydrogens (tertiary/aromatic N) is 1. The minimum atomic E-state index is 0.324. The van der Waals surface area contributed by atoms with Crippen molar-refractivity contribution < 1.29 is 0 Å². The second-order valence-electron chi connectivity index (χ2n) is 5.43. The lowest BCUT2D eigenvalue weighted by Gasteiger charge is -2.36. The topological polar surface area (TPSA) is 41.3 Å². The summed E-state index contributed by atoms with van der Waals surface area (Å²) in [6.45, 7) is 4.37. The lowest BCUT2D eigenvalue weighted by molar-refractivity contribution is 0.205. The van der Waals surface area contributed by atoms with Crippen molar-refractivity contribution in [3.05, 3.63) is 30.3 Å². The predicted octanol–water partition coefficient (Wildman–Crippen LogP) is 1.20. The van der Waals surface area contributed by atoms with E-state index in [4.69, 9.17) is 5.73 Å². The predicted molar refractivity (Wildman–Crippen MR) is 71.2 cm³/mol. The third kappa shape index (κ3) is 1.94. The molecule has 2 fully saturated rings. The Morgan fingerprint density at radius 3 is 2.59 bits per heavy atom. The van der Waals surface area contributed by atoms with Gasteiger partial charge in [0.25, 0.3) is 0 Å². The van der Waals surface area contributed by atoms with Crippen LogP contribution < -0.4 is 16.0 Å². The zero-order valence-corrected chi connectivity index (χ0v) is 10.2. The average Bonchev–Trinajstić information content (AvgIpc) is 2.69. The number of hydrogen-bond donors (Lipinski definition) is 2. The summed E-state index contributed by atoms with van der Waals surface area (Å²) < 4.78 is 0. The van der Waals surface area contributed by atoms with Crippen LogP contribution in [0.5, 0.6) is 0 Å². The summed E-state index contributed by atoms with van der Waals surface area (Å²) in [4.78, 5) is 2.45. The average molecular weight is 231 g/mol. The SMILES string of the molecule is NC1CN(c2ccccc2)CC12CCNCC2. The number of para-hydroxylation sites is 1. The van der Waals surface area contributed by atoms with Crippen LogP contribution in [0, 0.1) is 5.41 Å². The number of nitrogens with one attached hydrogen (secondary N) is 1. The second-order valence-corrected chi connectivity index (χ2v) is 5.43. The third-order valence-electron chi connectivity index (χ3n) is 4.43. The van der Waals surface area contributed by atoms with Crippen molar-refractivity contribution in [1.29, 1.82) is 0 Å². The van der Waals surface area contributed by atoms with E-state index in [1.807, 2.05) is 0 Å². The molecule has 1 spiro atoms. The summed E-state index contributed by atoms with van der Waals surface area (Å²) in [7, 11) is 0. The van der Waals surface area contributed by atoms with Gasteiger partial charge in [-0.2, -0.15) is 0 Å². The molecule has 3 rings (SSSR count). The van der Waals surface area contributed by atoms with Crippen LogP contribution in [0.1, 0.15) is 12.8 Å². The van der Waals surface area contributed by atoms with Gasteiger partial charge in [-0.1, -0.05) is 18.2 Å². The van der Waals surface area contributed by atoms with Crippen LogP contribution in [0.4, 0.5) is 5.69 Å².